The third kappa shape index (κ3) is 9.66. The van der Waals surface area contributed by atoms with Gasteiger partial charge in [0.2, 0.25) is 0 Å². The molecule has 0 spiro atoms. The summed E-state index contributed by atoms with van der Waals surface area (Å²) in [6.45, 7) is 28.4. The predicted molar refractivity (Wildman–Crippen MR) is 109 cm³/mol. The van der Waals surface area contributed by atoms with Gasteiger partial charge in [-0.15, -0.1) is 39.5 Å². The van der Waals surface area contributed by atoms with Crippen molar-refractivity contribution in [3.8, 4) is 0 Å². The molecule has 23 heavy (non-hydrogen) atoms. The van der Waals surface area contributed by atoms with Crippen molar-refractivity contribution in [3.05, 3.63) is 75.9 Å². The van der Waals surface area contributed by atoms with E-state index in [1.165, 1.54) is 0 Å². The normalized spacial score (nSPS) is 10.0. The first-order valence-corrected chi connectivity index (χ1v) is 9.12. The number of hydrogen-bond donors (Lipinski definition) is 0. The van der Waals surface area contributed by atoms with Crippen molar-refractivity contribution in [2.75, 3.05) is 39.3 Å². The Hall–Kier alpha value is -0.148. The van der Waals surface area contributed by atoms with Crippen LogP contribution in [0.25, 0.3) is 0 Å². The van der Waals surface area contributed by atoms with Crippen LogP contribution < -0.4 is 0 Å². The zero-order valence-corrected chi connectivity index (χ0v) is 15.0. The molecular weight excluding hydrogens is 308 g/mol. The topological polar surface area (TPSA) is 9.72 Å². The zero-order valence-electron chi connectivity index (χ0n) is 13.9. The second kappa shape index (κ2) is 16.7. The standard InChI is InChI=1S/3C6H10N.Al.Na.H/c3*1-3-5-7-6-4-2;;;/h3*3-4H,1-2,5-6H2;;;/q3*-1;+3;;. The summed E-state index contributed by atoms with van der Waals surface area (Å²) in [6.07, 6.45) is 11.7. The molecule has 0 aliphatic carbocycles. The third-order valence-corrected chi connectivity index (χ3v) is 6.39. The van der Waals surface area contributed by atoms with Gasteiger partial charge in [0.1, 0.15) is 0 Å². The van der Waals surface area contributed by atoms with Crippen LogP contribution in [0.2, 0.25) is 0 Å². The average Bonchev–Trinajstić information content (AvgIpc) is 2.49. The first-order valence-electron chi connectivity index (χ1n) is 7.57. The summed E-state index contributed by atoms with van der Waals surface area (Å²) in [6, 6.07) is 0. The van der Waals surface area contributed by atoms with Gasteiger partial charge >= 0.3 is 44.4 Å². The Morgan fingerprint density at radius 2 is 0.652 bits per heavy atom. The van der Waals surface area contributed by atoms with Crippen LogP contribution >= 0.6 is 0 Å². The summed E-state index contributed by atoms with van der Waals surface area (Å²) in [5.74, 6) is 0. The van der Waals surface area contributed by atoms with Crippen molar-refractivity contribution in [1.29, 1.82) is 0 Å². The monoisotopic (exact) mass is 339 g/mol. The van der Waals surface area contributed by atoms with E-state index in [0.29, 0.717) is 0 Å². The molecule has 0 N–H and O–H groups in total. The van der Waals surface area contributed by atoms with Crippen LogP contribution in [-0.4, -0.2) is 95.3 Å². The van der Waals surface area contributed by atoms with Crippen molar-refractivity contribution < 1.29 is 0 Å². The predicted octanol–water partition coefficient (Wildman–Crippen LogP) is 2.34. The van der Waals surface area contributed by atoms with Crippen molar-refractivity contribution in [2.24, 2.45) is 0 Å². The van der Waals surface area contributed by atoms with E-state index in [1.54, 1.807) is 0 Å². The Kier molecular flexibility index (Phi) is 18.2. The molecule has 0 atom stereocenters. The van der Waals surface area contributed by atoms with E-state index in [2.05, 4.69) is 51.1 Å². The molecule has 0 aliphatic rings. The van der Waals surface area contributed by atoms with Crippen LogP contribution in [0, 0.1) is 0 Å². The molecular formula is C18H31AlN3Na. The Balaban J connectivity index is 0. The third-order valence-electron chi connectivity index (χ3n) is 3.16. The van der Waals surface area contributed by atoms with Crippen LogP contribution in [0.15, 0.2) is 75.9 Å². The molecule has 0 aromatic carbocycles. The molecule has 0 aromatic rings. The molecule has 0 radical (unpaired) electrons. The van der Waals surface area contributed by atoms with Gasteiger partial charge in [0, 0.05) is 0 Å². The fraction of sp³-hybridized carbons (Fsp3) is 0.333. The molecule has 3 nitrogen and oxygen atoms in total. The minimum atomic E-state index is -1.61. The van der Waals surface area contributed by atoms with Crippen LogP contribution in [0.3, 0.4) is 0 Å². The molecule has 0 rings (SSSR count). The zero-order chi connectivity index (χ0) is 16.8. The summed E-state index contributed by atoms with van der Waals surface area (Å²) in [7, 11) is 0. The molecule has 0 unspecified atom stereocenters. The molecule has 5 heteroatoms. The summed E-state index contributed by atoms with van der Waals surface area (Å²) < 4.78 is 7.33. The van der Waals surface area contributed by atoms with E-state index in [9.17, 15) is 0 Å². The van der Waals surface area contributed by atoms with E-state index in [4.69, 9.17) is 0 Å². The van der Waals surface area contributed by atoms with Gasteiger partial charge in [-0.1, -0.05) is 36.5 Å². The van der Waals surface area contributed by atoms with E-state index < -0.39 is 14.8 Å². The summed E-state index contributed by atoms with van der Waals surface area (Å²) in [5.41, 5.74) is 0. The van der Waals surface area contributed by atoms with E-state index in [-0.39, 0.29) is 29.6 Å². The quantitative estimate of drug-likeness (QED) is 0.335. The van der Waals surface area contributed by atoms with E-state index >= 15 is 0 Å². The molecule has 0 saturated carbocycles. The van der Waals surface area contributed by atoms with Crippen LogP contribution in [0.5, 0.6) is 0 Å². The number of hydrogen-bond acceptors (Lipinski definition) is 3. The Morgan fingerprint density at radius 3 is 0.783 bits per heavy atom. The van der Waals surface area contributed by atoms with Crippen LogP contribution in [0.4, 0.5) is 0 Å². The van der Waals surface area contributed by atoms with Gasteiger partial charge in [-0.25, -0.2) is 0 Å². The summed E-state index contributed by atoms with van der Waals surface area (Å²) in [4.78, 5) is 0. The Bertz CT molecular complexity index is 297. The molecule has 0 fully saturated rings. The number of rotatable bonds is 15. The van der Waals surface area contributed by atoms with Gasteiger partial charge in [0.05, 0.1) is 0 Å². The van der Waals surface area contributed by atoms with E-state index in [1.807, 2.05) is 36.5 Å². The molecule has 0 saturated heterocycles. The van der Waals surface area contributed by atoms with Crippen molar-refractivity contribution in [3.63, 3.8) is 0 Å². The maximum absolute atomic E-state index is 3.90. The molecule has 0 aliphatic heterocycles. The van der Waals surface area contributed by atoms with Gasteiger partial charge in [0.15, 0.2) is 0 Å². The molecule has 0 aromatic heterocycles. The Morgan fingerprint density at radius 1 is 0.478 bits per heavy atom. The second-order valence-electron chi connectivity index (χ2n) is 4.94. The molecule has 122 valence electrons. The van der Waals surface area contributed by atoms with Crippen LogP contribution in [0.1, 0.15) is 0 Å². The molecule has 0 bridgehead atoms. The fourth-order valence-corrected chi connectivity index (χ4v) is 5.89. The molecule has 0 heterocycles. The van der Waals surface area contributed by atoms with Gasteiger partial charge in [-0.05, 0) is 39.3 Å². The van der Waals surface area contributed by atoms with Gasteiger partial charge in [0.25, 0.3) is 0 Å². The van der Waals surface area contributed by atoms with E-state index in [0.717, 1.165) is 39.3 Å². The number of nitrogens with zero attached hydrogens (tertiary/aromatic N) is 3. The first-order chi connectivity index (χ1) is 10.7. The first kappa shape index (κ1) is 25.1. The summed E-state index contributed by atoms with van der Waals surface area (Å²) >= 11 is -1.61. The maximum atomic E-state index is 3.90. The summed E-state index contributed by atoms with van der Waals surface area (Å²) in [5, 5.41) is 0. The average molecular weight is 339 g/mol. The second-order valence-corrected chi connectivity index (χ2v) is 7.82. The minimum absolute atomic E-state index is 0. The van der Waals surface area contributed by atoms with Crippen molar-refractivity contribution in [1.82, 2.24) is 11.7 Å². The van der Waals surface area contributed by atoms with Crippen LogP contribution in [-0.2, 0) is 0 Å². The fourth-order valence-electron chi connectivity index (χ4n) is 2.48. The van der Waals surface area contributed by atoms with Gasteiger partial charge < -0.3 is 11.7 Å². The van der Waals surface area contributed by atoms with Crippen molar-refractivity contribution >= 4 is 44.4 Å². The van der Waals surface area contributed by atoms with Gasteiger partial charge in [-0.2, -0.15) is 0 Å². The SMILES string of the molecule is C=CC[N](CC=C)[Al]([N](CC=C)CC=C)[N](CC=C)CC=C.[NaH]. The van der Waals surface area contributed by atoms with Gasteiger partial charge in [-0.3, -0.25) is 0 Å². The Labute approximate surface area is 170 Å². The molecule has 0 amide bonds. The van der Waals surface area contributed by atoms with Crippen molar-refractivity contribution in [2.45, 2.75) is 0 Å².